The van der Waals surface area contributed by atoms with Crippen molar-refractivity contribution in [2.45, 2.75) is 71.5 Å². The highest BCUT2D eigenvalue weighted by Gasteiger charge is 2.49. The van der Waals surface area contributed by atoms with Crippen LogP contribution in [0.3, 0.4) is 0 Å². The van der Waals surface area contributed by atoms with Crippen LogP contribution >= 0.6 is 0 Å². The first-order chi connectivity index (χ1) is 15.5. The van der Waals surface area contributed by atoms with Crippen LogP contribution in [0.5, 0.6) is 0 Å². The molecule has 0 heterocycles. The minimum absolute atomic E-state index is 0.0157. The Bertz CT molecular complexity index is 807. The third-order valence-electron chi connectivity index (χ3n) is 6.29. The molecule has 1 saturated carbocycles. The van der Waals surface area contributed by atoms with Gasteiger partial charge in [0.15, 0.2) is 0 Å². The van der Waals surface area contributed by atoms with Gasteiger partial charge in [-0.25, -0.2) is 0 Å². The number of ether oxygens (including phenoxy) is 4. The molecular formula is C27H40O6. The lowest BCUT2D eigenvalue weighted by Gasteiger charge is -2.43. The first-order valence-corrected chi connectivity index (χ1v) is 11.6. The fourth-order valence-electron chi connectivity index (χ4n) is 4.72. The van der Waals surface area contributed by atoms with Crippen LogP contribution < -0.4 is 0 Å². The van der Waals surface area contributed by atoms with E-state index in [0.29, 0.717) is 32.7 Å². The van der Waals surface area contributed by atoms with E-state index in [1.54, 1.807) is 7.11 Å². The average molecular weight is 461 g/mol. The number of allylic oxidation sites excluding steroid dienone is 1. The van der Waals surface area contributed by atoms with Crippen molar-refractivity contribution in [2.24, 2.45) is 11.3 Å². The molecule has 0 amide bonds. The van der Waals surface area contributed by atoms with Crippen LogP contribution in [0.15, 0.2) is 36.4 Å². The summed E-state index contributed by atoms with van der Waals surface area (Å²) in [4.78, 5) is 25.7. The molecule has 1 aromatic rings. The average Bonchev–Trinajstić information content (AvgIpc) is 2.75. The van der Waals surface area contributed by atoms with Gasteiger partial charge in [0, 0.05) is 7.11 Å². The van der Waals surface area contributed by atoms with E-state index in [4.69, 9.17) is 18.9 Å². The van der Waals surface area contributed by atoms with Gasteiger partial charge < -0.3 is 18.9 Å². The summed E-state index contributed by atoms with van der Waals surface area (Å²) in [7, 11) is 3.04. The van der Waals surface area contributed by atoms with Gasteiger partial charge in [-0.2, -0.15) is 0 Å². The summed E-state index contributed by atoms with van der Waals surface area (Å²) >= 11 is 0. The second-order valence-corrected chi connectivity index (χ2v) is 10.1. The van der Waals surface area contributed by atoms with Crippen molar-refractivity contribution < 1.29 is 28.5 Å². The lowest BCUT2D eigenvalue weighted by molar-refractivity contribution is -0.169. The third kappa shape index (κ3) is 7.68. The third-order valence-corrected chi connectivity index (χ3v) is 6.29. The van der Waals surface area contributed by atoms with Crippen molar-refractivity contribution in [2.75, 3.05) is 27.4 Å². The summed E-state index contributed by atoms with van der Waals surface area (Å²) in [6.07, 6.45) is 1.86. The van der Waals surface area contributed by atoms with Gasteiger partial charge in [-0.05, 0) is 69.9 Å². The Hall–Kier alpha value is -2.18. The van der Waals surface area contributed by atoms with Gasteiger partial charge in [0.2, 0.25) is 0 Å². The monoisotopic (exact) mass is 460 g/mol. The van der Waals surface area contributed by atoms with Crippen LogP contribution in [0.4, 0.5) is 0 Å². The first kappa shape index (κ1) is 27.1. The molecule has 1 aromatic carbocycles. The lowest BCUT2D eigenvalue weighted by atomic mass is 9.60. The Kier molecular flexibility index (Phi) is 9.68. The summed E-state index contributed by atoms with van der Waals surface area (Å²) in [5.74, 6) is -0.433. The first-order valence-electron chi connectivity index (χ1n) is 11.6. The second-order valence-electron chi connectivity index (χ2n) is 10.1. The number of carbonyl (C=O) groups is 2. The molecule has 0 bridgehead atoms. The van der Waals surface area contributed by atoms with E-state index in [9.17, 15) is 9.59 Å². The molecule has 0 aliphatic heterocycles. The Balaban J connectivity index is 2.27. The van der Waals surface area contributed by atoms with Gasteiger partial charge in [-0.1, -0.05) is 36.4 Å². The number of methoxy groups -OCH3 is 2. The van der Waals surface area contributed by atoms with Crippen LogP contribution in [0.25, 0.3) is 0 Å². The maximum atomic E-state index is 13.0. The van der Waals surface area contributed by atoms with Crippen molar-refractivity contribution in [3.63, 3.8) is 0 Å². The summed E-state index contributed by atoms with van der Waals surface area (Å²) in [5, 5.41) is 0. The molecule has 0 N–H and O–H groups in total. The molecule has 1 fully saturated rings. The van der Waals surface area contributed by atoms with Gasteiger partial charge in [0.25, 0.3) is 0 Å². The molecule has 0 saturated heterocycles. The quantitative estimate of drug-likeness (QED) is 0.271. The van der Waals surface area contributed by atoms with E-state index >= 15 is 0 Å². The molecule has 3 atom stereocenters. The van der Waals surface area contributed by atoms with Crippen LogP contribution in [0.1, 0.15) is 70.4 Å². The van der Waals surface area contributed by atoms with Crippen molar-refractivity contribution >= 4 is 11.9 Å². The fraction of sp³-hybridized carbons (Fsp3) is 0.630. The van der Waals surface area contributed by atoms with Gasteiger partial charge in [0.05, 0.1) is 38.8 Å². The van der Waals surface area contributed by atoms with Crippen LogP contribution in [-0.2, 0) is 35.1 Å². The number of hydrogen-bond donors (Lipinski definition) is 0. The largest absolute Gasteiger partial charge is 0.469 e. The highest BCUT2D eigenvalue weighted by molar-refractivity contribution is 5.84. The Morgan fingerprint density at radius 2 is 1.79 bits per heavy atom. The number of carbonyl (C=O) groups excluding carboxylic acids is 2. The Morgan fingerprint density at radius 3 is 2.33 bits per heavy atom. The van der Waals surface area contributed by atoms with Crippen LogP contribution in [-0.4, -0.2) is 45.0 Å². The van der Waals surface area contributed by atoms with E-state index in [2.05, 4.69) is 30.8 Å². The molecule has 184 valence electrons. The van der Waals surface area contributed by atoms with Crippen molar-refractivity contribution in [3.8, 4) is 0 Å². The zero-order valence-corrected chi connectivity index (χ0v) is 21.1. The lowest BCUT2D eigenvalue weighted by Crippen LogP contribution is -2.42. The fourth-order valence-corrected chi connectivity index (χ4v) is 4.72. The highest BCUT2D eigenvalue weighted by Crippen LogP contribution is 2.51. The predicted octanol–water partition coefficient (Wildman–Crippen LogP) is 5.20. The number of esters is 2. The summed E-state index contributed by atoms with van der Waals surface area (Å²) in [6.45, 7) is 13.4. The normalized spacial score (nSPS) is 23.1. The molecular weight excluding hydrogens is 420 g/mol. The second kappa shape index (κ2) is 11.8. The van der Waals surface area contributed by atoms with Gasteiger partial charge in [-0.3, -0.25) is 9.59 Å². The maximum Gasteiger partial charge on any atom is 0.312 e. The topological polar surface area (TPSA) is 71.1 Å². The van der Waals surface area contributed by atoms with Crippen LogP contribution in [0.2, 0.25) is 0 Å². The smallest absolute Gasteiger partial charge is 0.312 e. The number of rotatable bonds is 10. The standard InChI is InChI=1S/C27H40O6/c1-19(2)22-12-13-27(25(29)31-7,17-24(28)33-26(3,4)5)16-23(22)21-10-8-20(9-11-21)18-32-15-14-30-6/h8-11,22-23H,1,12-18H2,2-7H3/t22-,23-,27-/m0/s1. The van der Waals surface area contributed by atoms with E-state index < -0.39 is 11.0 Å². The molecule has 33 heavy (non-hydrogen) atoms. The van der Waals surface area contributed by atoms with E-state index in [0.717, 1.165) is 23.1 Å². The Labute approximate surface area is 198 Å². The molecule has 0 radical (unpaired) electrons. The summed E-state index contributed by atoms with van der Waals surface area (Å²) in [6, 6.07) is 8.30. The van der Waals surface area contributed by atoms with Crippen molar-refractivity contribution in [1.82, 2.24) is 0 Å². The molecule has 1 aliphatic rings. The SMILES string of the molecule is C=C(C)[C@@H]1CC[C@](CC(=O)OC(C)(C)C)(C(=O)OC)C[C@H]1c1ccc(COCCOC)cc1. The van der Waals surface area contributed by atoms with E-state index in [1.807, 2.05) is 27.7 Å². The zero-order chi connectivity index (χ0) is 24.6. The Morgan fingerprint density at radius 1 is 1.12 bits per heavy atom. The minimum Gasteiger partial charge on any atom is -0.469 e. The van der Waals surface area contributed by atoms with Crippen molar-refractivity contribution in [1.29, 1.82) is 0 Å². The van der Waals surface area contributed by atoms with Crippen molar-refractivity contribution in [3.05, 3.63) is 47.5 Å². The van der Waals surface area contributed by atoms with Crippen LogP contribution in [0, 0.1) is 11.3 Å². The van der Waals surface area contributed by atoms with Gasteiger partial charge >= 0.3 is 11.9 Å². The number of benzene rings is 1. The zero-order valence-electron chi connectivity index (χ0n) is 21.1. The van der Waals surface area contributed by atoms with E-state index in [-0.39, 0.29) is 30.2 Å². The minimum atomic E-state index is -0.907. The molecule has 1 aliphatic carbocycles. The molecule has 0 aromatic heterocycles. The number of hydrogen-bond acceptors (Lipinski definition) is 6. The summed E-state index contributed by atoms with van der Waals surface area (Å²) < 4.78 is 21.4. The molecule has 6 nitrogen and oxygen atoms in total. The van der Waals surface area contributed by atoms with E-state index in [1.165, 1.54) is 7.11 Å². The highest BCUT2D eigenvalue weighted by atomic mass is 16.6. The molecule has 2 rings (SSSR count). The predicted molar refractivity (Wildman–Crippen MR) is 128 cm³/mol. The molecule has 0 spiro atoms. The van der Waals surface area contributed by atoms with Gasteiger partial charge in [-0.15, -0.1) is 0 Å². The molecule has 0 unspecified atom stereocenters. The maximum absolute atomic E-state index is 13.0. The van der Waals surface area contributed by atoms with Gasteiger partial charge in [0.1, 0.15) is 5.60 Å². The molecule has 6 heteroatoms. The summed E-state index contributed by atoms with van der Waals surface area (Å²) in [5.41, 5.74) is 1.77.